The van der Waals surface area contributed by atoms with Crippen molar-refractivity contribution >= 4 is 5.91 Å². The Morgan fingerprint density at radius 2 is 1.82 bits per heavy atom. The summed E-state index contributed by atoms with van der Waals surface area (Å²) >= 11 is 0. The third-order valence-corrected chi connectivity index (χ3v) is 3.58. The zero-order chi connectivity index (χ0) is 16.4. The highest BCUT2D eigenvalue weighted by molar-refractivity contribution is 5.96. The Morgan fingerprint density at radius 3 is 2.32 bits per heavy atom. The van der Waals surface area contributed by atoms with Crippen molar-refractivity contribution in [3.8, 4) is 0 Å². The van der Waals surface area contributed by atoms with E-state index in [4.69, 9.17) is 4.42 Å². The number of aryl methyl sites for hydroxylation is 2. The molecule has 0 saturated heterocycles. The van der Waals surface area contributed by atoms with E-state index in [1.165, 1.54) is 6.07 Å². The Labute approximate surface area is 126 Å². The largest absolute Gasteiger partial charge is 0.466 e. The van der Waals surface area contributed by atoms with Gasteiger partial charge in [-0.25, -0.2) is 8.78 Å². The van der Waals surface area contributed by atoms with E-state index in [9.17, 15) is 18.7 Å². The number of aliphatic hydroxyl groups excluding tert-OH is 1. The van der Waals surface area contributed by atoms with Crippen molar-refractivity contribution in [3.63, 3.8) is 0 Å². The van der Waals surface area contributed by atoms with E-state index in [2.05, 4.69) is 5.32 Å². The number of aliphatic hydroxyl groups is 1. The van der Waals surface area contributed by atoms with Gasteiger partial charge in [-0.2, -0.15) is 0 Å². The third kappa shape index (κ3) is 3.01. The second-order valence-corrected chi connectivity index (χ2v) is 5.08. The summed E-state index contributed by atoms with van der Waals surface area (Å²) < 4.78 is 32.5. The number of furan rings is 1. The van der Waals surface area contributed by atoms with Gasteiger partial charge in [0.1, 0.15) is 29.3 Å². The Balaban J connectivity index is 2.11. The predicted molar refractivity (Wildman–Crippen MR) is 76.6 cm³/mol. The summed E-state index contributed by atoms with van der Waals surface area (Å²) in [7, 11) is 0. The Hall–Kier alpha value is -2.21. The van der Waals surface area contributed by atoms with Crippen LogP contribution in [0.5, 0.6) is 0 Å². The number of carbonyl (C=O) groups excluding carboxylic acids is 1. The monoisotopic (exact) mass is 309 g/mol. The number of amides is 1. The van der Waals surface area contributed by atoms with Crippen LogP contribution in [0.3, 0.4) is 0 Å². The molecule has 4 nitrogen and oxygen atoms in total. The van der Waals surface area contributed by atoms with Gasteiger partial charge in [0.05, 0.1) is 11.1 Å². The molecule has 0 aliphatic heterocycles. The summed E-state index contributed by atoms with van der Waals surface area (Å²) in [5, 5.41) is 12.4. The molecular formula is C16H17F2NO3. The first-order valence-electron chi connectivity index (χ1n) is 6.79. The molecule has 6 heteroatoms. The number of hydrogen-bond donors (Lipinski definition) is 2. The second-order valence-electron chi connectivity index (χ2n) is 5.08. The van der Waals surface area contributed by atoms with Gasteiger partial charge in [0.15, 0.2) is 0 Å². The van der Waals surface area contributed by atoms with E-state index >= 15 is 0 Å². The molecule has 1 heterocycles. The Morgan fingerprint density at radius 1 is 1.23 bits per heavy atom. The zero-order valence-corrected chi connectivity index (χ0v) is 12.5. The lowest BCUT2D eigenvalue weighted by molar-refractivity contribution is 0.0909. The number of benzene rings is 1. The van der Waals surface area contributed by atoms with Gasteiger partial charge in [0, 0.05) is 12.1 Å². The summed E-state index contributed by atoms with van der Waals surface area (Å²) in [4.78, 5) is 12.1. The van der Waals surface area contributed by atoms with Crippen LogP contribution in [0.25, 0.3) is 0 Å². The second kappa shape index (κ2) is 6.27. The average molecular weight is 309 g/mol. The lowest BCUT2D eigenvalue weighted by Gasteiger charge is -2.14. The molecule has 1 aromatic carbocycles. The van der Waals surface area contributed by atoms with Crippen molar-refractivity contribution in [2.24, 2.45) is 0 Å². The van der Waals surface area contributed by atoms with Gasteiger partial charge in [-0.3, -0.25) is 4.79 Å². The van der Waals surface area contributed by atoms with Crippen LogP contribution >= 0.6 is 0 Å². The van der Waals surface area contributed by atoms with Crippen molar-refractivity contribution in [2.75, 3.05) is 6.54 Å². The molecule has 0 fully saturated rings. The fraction of sp³-hybridized carbons (Fsp3) is 0.312. The number of carbonyl (C=O) groups is 1. The fourth-order valence-electron chi connectivity index (χ4n) is 2.34. The molecule has 2 N–H and O–H groups in total. The first-order chi connectivity index (χ1) is 10.3. The number of rotatable bonds is 4. The van der Waals surface area contributed by atoms with E-state index in [0.717, 1.165) is 12.1 Å². The molecule has 0 bridgehead atoms. The maximum Gasteiger partial charge on any atom is 0.255 e. The van der Waals surface area contributed by atoms with Crippen molar-refractivity contribution in [3.05, 3.63) is 58.0 Å². The number of halogens is 2. The Bertz CT molecular complexity index is 689. The van der Waals surface area contributed by atoms with Crippen molar-refractivity contribution in [2.45, 2.75) is 26.9 Å². The highest BCUT2D eigenvalue weighted by Gasteiger charge is 2.22. The van der Waals surface area contributed by atoms with Gasteiger partial charge in [-0.15, -0.1) is 0 Å². The standard InChI is InChI=1S/C16H17F2NO3/c1-8-9(2)22-10(3)14(8)16(21)19-7-13(20)15-11(17)5-4-6-12(15)18/h4-6,13,20H,7H2,1-3H3,(H,19,21). The minimum absolute atomic E-state index is 0.306. The average Bonchev–Trinajstić information content (AvgIpc) is 2.69. The van der Waals surface area contributed by atoms with E-state index in [1.54, 1.807) is 20.8 Å². The van der Waals surface area contributed by atoms with Gasteiger partial charge in [0.25, 0.3) is 5.91 Å². The summed E-state index contributed by atoms with van der Waals surface area (Å²) in [6, 6.07) is 3.31. The number of nitrogens with one attached hydrogen (secondary N) is 1. The van der Waals surface area contributed by atoms with Crippen LogP contribution < -0.4 is 5.32 Å². The molecule has 0 radical (unpaired) electrons. The van der Waals surface area contributed by atoms with Gasteiger partial charge >= 0.3 is 0 Å². The summed E-state index contributed by atoms with van der Waals surface area (Å²) in [5.41, 5.74) is 0.611. The first-order valence-corrected chi connectivity index (χ1v) is 6.79. The summed E-state index contributed by atoms with van der Waals surface area (Å²) in [6.45, 7) is 4.83. The van der Waals surface area contributed by atoms with Crippen LogP contribution in [0.1, 0.15) is 39.1 Å². The van der Waals surface area contributed by atoms with Crippen LogP contribution in [-0.4, -0.2) is 17.6 Å². The maximum atomic E-state index is 13.6. The lowest BCUT2D eigenvalue weighted by atomic mass is 10.1. The SMILES string of the molecule is Cc1oc(C)c(C(=O)NCC(O)c2c(F)cccc2F)c1C. The first kappa shape index (κ1) is 16.2. The zero-order valence-electron chi connectivity index (χ0n) is 12.5. The fourth-order valence-corrected chi connectivity index (χ4v) is 2.34. The van der Waals surface area contributed by atoms with Crippen molar-refractivity contribution in [1.29, 1.82) is 0 Å². The van der Waals surface area contributed by atoms with Crippen LogP contribution in [0.2, 0.25) is 0 Å². The van der Waals surface area contributed by atoms with Crippen LogP contribution in [0.15, 0.2) is 22.6 Å². The van der Waals surface area contributed by atoms with Gasteiger partial charge in [-0.1, -0.05) is 6.07 Å². The molecule has 0 aliphatic carbocycles. The molecule has 22 heavy (non-hydrogen) atoms. The predicted octanol–water partition coefficient (Wildman–Crippen LogP) is 2.95. The molecule has 1 atom stereocenters. The normalized spacial score (nSPS) is 12.3. The van der Waals surface area contributed by atoms with E-state index < -0.39 is 29.2 Å². The summed E-state index contributed by atoms with van der Waals surface area (Å²) in [5.74, 6) is -1.08. The molecule has 0 spiro atoms. The van der Waals surface area contributed by atoms with E-state index in [-0.39, 0.29) is 6.54 Å². The molecule has 118 valence electrons. The van der Waals surface area contributed by atoms with Gasteiger partial charge in [0.2, 0.25) is 0 Å². The van der Waals surface area contributed by atoms with Gasteiger partial charge < -0.3 is 14.8 Å². The minimum atomic E-state index is -1.47. The number of hydrogen-bond acceptors (Lipinski definition) is 3. The molecular weight excluding hydrogens is 292 g/mol. The molecule has 0 aliphatic rings. The lowest BCUT2D eigenvalue weighted by Crippen LogP contribution is -2.29. The topological polar surface area (TPSA) is 62.5 Å². The van der Waals surface area contributed by atoms with Crippen molar-refractivity contribution in [1.82, 2.24) is 5.32 Å². The quantitative estimate of drug-likeness (QED) is 0.913. The van der Waals surface area contributed by atoms with E-state index in [1.807, 2.05) is 0 Å². The van der Waals surface area contributed by atoms with Crippen LogP contribution in [-0.2, 0) is 0 Å². The molecule has 2 aromatic rings. The smallest absolute Gasteiger partial charge is 0.255 e. The minimum Gasteiger partial charge on any atom is -0.466 e. The Kier molecular flexibility index (Phi) is 4.61. The molecule has 1 aromatic heterocycles. The summed E-state index contributed by atoms with van der Waals surface area (Å²) in [6.07, 6.45) is -1.47. The van der Waals surface area contributed by atoms with E-state index in [0.29, 0.717) is 22.6 Å². The molecule has 1 amide bonds. The maximum absolute atomic E-state index is 13.6. The highest BCUT2D eigenvalue weighted by Crippen LogP contribution is 2.22. The molecule has 0 saturated carbocycles. The van der Waals surface area contributed by atoms with Crippen LogP contribution in [0.4, 0.5) is 8.78 Å². The highest BCUT2D eigenvalue weighted by atomic mass is 19.1. The van der Waals surface area contributed by atoms with Crippen LogP contribution in [0, 0.1) is 32.4 Å². The molecule has 1 unspecified atom stereocenters. The van der Waals surface area contributed by atoms with Crippen molar-refractivity contribution < 1.29 is 23.1 Å². The van der Waals surface area contributed by atoms with Gasteiger partial charge in [-0.05, 0) is 32.9 Å². The third-order valence-electron chi connectivity index (χ3n) is 3.58. The molecule has 2 rings (SSSR count).